The van der Waals surface area contributed by atoms with Gasteiger partial charge in [-0.25, -0.2) is 0 Å². The monoisotopic (exact) mass is 268 g/mol. The van der Waals surface area contributed by atoms with E-state index in [1.54, 1.807) is 0 Å². The van der Waals surface area contributed by atoms with Gasteiger partial charge in [-0.3, -0.25) is 0 Å². The van der Waals surface area contributed by atoms with Crippen LogP contribution in [0.4, 0.5) is 0 Å². The Hall–Kier alpha value is 0.110. The number of thiocyanates is 2. The van der Waals surface area contributed by atoms with Crippen LogP contribution in [0.15, 0.2) is 0 Å². The van der Waals surface area contributed by atoms with E-state index in [0.717, 1.165) is 11.8 Å². The van der Waals surface area contributed by atoms with Gasteiger partial charge in [0, 0.05) is 10.00 Å². The Balaban J connectivity index is 1.93. The van der Waals surface area contributed by atoms with Gasteiger partial charge in [0.05, 0.1) is 0 Å². The van der Waals surface area contributed by atoms with Gasteiger partial charge in [-0.05, 0) is 66.7 Å². The molecule has 0 aromatic carbocycles. The molecule has 3 heterocycles. The number of hydrogen-bond acceptors (Lipinski definition) is 4. The molecule has 0 spiro atoms. The van der Waals surface area contributed by atoms with Crippen LogP contribution < -0.4 is 0 Å². The quantitative estimate of drug-likeness (QED) is 0.570. The lowest BCUT2D eigenvalue weighted by atomic mass is 9.75. The topological polar surface area (TPSA) is 47.6 Å². The second-order valence-corrected chi connectivity index (χ2v) is 9.66. The molecule has 0 aromatic rings. The van der Waals surface area contributed by atoms with Crippen LogP contribution in [-0.2, 0) is 0 Å². The number of thioether (sulfide) groups is 2. The van der Waals surface area contributed by atoms with Crippen LogP contribution in [0.3, 0.4) is 0 Å². The van der Waals surface area contributed by atoms with Crippen molar-refractivity contribution in [2.45, 2.75) is 22.8 Å². The first-order chi connectivity index (χ1) is 7.77. The van der Waals surface area contributed by atoms with Gasteiger partial charge in [-0.2, -0.15) is 10.5 Å². The molecule has 2 nitrogen and oxygen atoms in total. The summed E-state index contributed by atoms with van der Waals surface area (Å²) in [6, 6.07) is 0. The lowest BCUT2D eigenvalue weighted by Crippen LogP contribution is -2.58. The SMILES string of the molecule is N#CSC1C2CC3CP(C2)CC1(SC#N)C3. The molecule has 84 valence electrons. The maximum atomic E-state index is 9.04. The van der Waals surface area contributed by atoms with E-state index in [-0.39, 0.29) is 12.7 Å². The second kappa shape index (κ2) is 4.09. The zero-order chi connectivity index (χ0) is 11.2. The predicted octanol–water partition coefficient (Wildman–Crippen LogP) is 3.06. The van der Waals surface area contributed by atoms with Crippen LogP contribution in [0.25, 0.3) is 0 Å². The first-order valence-corrected chi connectivity index (χ1v) is 9.21. The molecule has 5 unspecified atom stereocenters. The van der Waals surface area contributed by atoms with Gasteiger partial charge < -0.3 is 0 Å². The molecular formula is C11H13N2PS2. The predicted molar refractivity (Wildman–Crippen MR) is 70.7 cm³/mol. The number of nitrogens with zero attached hydrogens (tertiary/aromatic N) is 2. The third kappa shape index (κ3) is 1.59. The van der Waals surface area contributed by atoms with E-state index in [9.17, 15) is 0 Å². The van der Waals surface area contributed by atoms with E-state index in [2.05, 4.69) is 10.8 Å². The van der Waals surface area contributed by atoms with Gasteiger partial charge in [0.1, 0.15) is 10.8 Å². The van der Waals surface area contributed by atoms with Crippen molar-refractivity contribution in [1.82, 2.24) is 0 Å². The van der Waals surface area contributed by atoms with E-state index < -0.39 is 0 Å². The lowest BCUT2D eigenvalue weighted by Gasteiger charge is -2.59. The second-order valence-electron chi connectivity index (χ2n) is 5.15. The Bertz CT molecular complexity index is 372. The average Bonchev–Trinajstić information content (AvgIpc) is 2.23. The molecule has 16 heavy (non-hydrogen) atoms. The summed E-state index contributed by atoms with van der Waals surface area (Å²) in [6.45, 7) is 0. The van der Waals surface area contributed by atoms with Gasteiger partial charge >= 0.3 is 0 Å². The van der Waals surface area contributed by atoms with Crippen molar-refractivity contribution in [3.63, 3.8) is 0 Å². The molecule has 0 radical (unpaired) electrons. The first kappa shape index (κ1) is 11.2. The highest BCUT2D eigenvalue weighted by Gasteiger charge is 2.58. The summed E-state index contributed by atoms with van der Waals surface area (Å²) in [5.74, 6) is 1.60. The van der Waals surface area contributed by atoms with Crippen molar-refractivity contribution in [1.29, 1.82) is 10.5 Å². The Morgan fingerprint density at radius 3 is 2.81 bits per heavy atom. The van der Waals surface area contributed by atoms with Gasteiger partial charge in [0.15, 0.2) is 0 Å². The van der Waals surface area contributed by atoms with Gasteiger partial charge in [0.2, 0.25) is 0 Å². The highest BCUT2D eigenvalue weighted by atomic mass is 32.2. The van der Waals surface area contributed by atoms with E-state index in [1.165, 1.54) is 54.9 Å². The highest BCUT2D eigenvalue weighted by Crippen LogP contribution is 2.67. The Labute approximate surface area is 106 Å². The molecule has 4 rings (SSSR count). The molecule has 0 aromatic heterocycles. The third-order valence-electron chi connectivity index (χ3n) is 4.15. The maximum Gasteiger partial charge on any atom is 0.133 e. The summed E-state index contributed by atoms with van der Waals surface area (Å²) in [5.41, 5.74) is 0. The van der Waals surface area contributed by atoms with Crippen molar-refractivity contribution in [3.05, 3.63) is 0 Å². The number of hydrogen-bond donors (Lipinski definition) is 0. The largest absolute Gasteiger partial charge is 0.185 e. The normalized spacial score (nSPS) is 48.6. The molecule has 1 aliphatic carbocycles. The average molecular weight is 268 g/mol. The van der Waals surface area contributed by atoms with Crippen LogP contribution in [0.2, 0.25) is 0 Å². The minimum atomic E-state index is 0.144. The van der Waals surface area contributed by atoms with Crippen molar-refractivity contribution in [3.8, 4) is 10.8 Å². The summed E-state index contributed by atoms with van der Waals surface area (Å²) >= 11 is 2.94. The van der Waals surface area contributed by atoms with Crippen molar-refractivity contribution in [2.75, 3.05) is 18.5 Å². The molecule has 1 saturated carbocycles. The summed E-state index contributed by atoms with van der Waals surface area (Å²) in [5, 5.41) is 23.0. The summed E-state index contributed by atoms with van der Waals surface area (Å²) in [7, 11) is 0.196. The third-order valence-corrected chi connectivity index (χ3v) is 9.80. The Kier molecular flexibility index (Phi) is 2.87. The summed E-state index contributed by atoms with van der Waals surface area (Å²) in [6.07, 6.45) is 6.58. The molecular weight excluding hydrogens is 255 g/mol. The Morgan fingerprint density at radius 1 is 1.25 bits per heavy atom. The molecule has 4 aliphatic rings. The van der Waals surface area contributed by atoms with E-state index in [0.29, 0.717) is 5.25 Å². The van der Waals surface area contributed by atoms with Gasteiger partial charge in [-0.1, -0.05) is 0 Å². The zero-order valence-electron chi connectivity index (χ0n) is 8.93. The fourth-order valence-electron chi connectivity index (χ4n) is 3.90. The van der Waals surface area contributed by atoms with Crippen molar-refractivity contribution in [2.24, 2.45) is 11.8 Å². The molecule has 5 atom stereocenters. The van der Waals surface area contributed by atoms with Crippen LogP contribution in [0, 0.1) is 33.2 Å². The van der Waals surface area contributed by atoms with Crippen LogP contribution in [0.1, 0.15) is 12.8 Å². The Morgan fingerprint density at radius 2 is 2.12 bits per heavy atom. The standard InChI is InChI=1S/C11H13N2PS2/c12-6-15-10-9-1-8-2-11(10,16-7-13)5-14(3-8)4-9/h8-10H,1-5H2. The van der Waals surface area contributed by atoms with Crippen molar-refractivity contribution < 1.29 is 0 Å². The molecule has 0 amide bonds. The number of nitriles is 2. The van der Waals surface area contributed by atoms with E-state index in [4.69, 9.17) is 10.5 Å². The zero-order valence-corrected chi connectivity index (χ0v) is 11.5. The summed E-state index contributed by atoms with van der Waals surface area (Å²) < 4.78 is 0.144. The molecule has 4 fully saturated rings. The van der Waals surface area contributed by atoms with Crippen LogP contribution in [-0.4, -0.2) is 28.5 Å². The minimum Gasteiger partial charge on any atom is -0.185 e. The van der Waals surface area contributed by atoms with Crippen LogP contribution in [0.5, 0.6) is 0 Å². The number of rotatable bonds is 2. The molecule has 0 N–H and O–H groups in total. The molecule has 3 saturated heterocycles. The fraction of sp³-hybridized carbons (Fsp3) is 0.818. The van der Waals surface area contributed by atoms with E-state index >= 15 is 0 Å². The molecule has 4 bridgehead atoms. The molecule has 5 heteroatoms. The summed E-state index contributed by atoms with van der Waals surface area (Å²) in [4.78, 5) is 0. The lowest BCUT2D eigenvalue weighted by molar-refractivity contribution is 0.246. The van der Waals surface area contributed by atoms with Crippen LogP contribution >= 0.6 is 31.4 Å². The first-order valence-electron chi connectivity index (χ1n) is 5.61. The highest BCUT2D eigenvalue weighted by molar-refractivity contribution is 8.08. The minimum absolute atomic E-state index is 0.144. The van der Waals surface area contributed by atoms with Gasteiger partial charge in [-0.15, -0.1) is 7.92 Å². The smallest absolute Gasteiger partial charge is 0.133 e. The fourth-order valence-corrected chi connectivity index (χ4v) is 10.5. The van der Waals surface area contributed by atoms with Crippen molar-refractivity contribution >= 4 is 31.4 Å². The maximum absolute atomic E-state index is 9.04. The van der Waals surface area contributed by atoms with Gasteiger partial charge in [0.25, 0.3) is 0 Å². The molecule has 3 aliphatic heterocycles. The van der Waals surface area contributed by atoms with E-state index in [1.807, 2.05) is 0 Å².